The maximum absolute atomic E-state index is 11.9. The Labute approximate surface area is 113 Å². The van der Waals surface area contributed by atoms with Crippen molar-refractivity contribution in [1.82, 2.24) is 10.2 Å². The molecule has 110 valence electrons. The van der Waals surface area contributed by atoms with Crippen molar-refractivity contribution in [3.63, 3.8) is 0 Å². The number of halogens is 3. The van der Waals surface area contributed by atoms with E-state index < -0.39 is 31.3 Å². The van der Waals surface area contributed by atoms with Crippen LogP contribution in [0.5, 0.6) is 0 Å². The number of carboxylic acid groups (broad SMARTS) is 1. The molecule has 0 bridgehead atoms. The van der Waals surface area contributed by atoms with Crippen LogP contribution in [0.25, 0.3) is 0 Å². The Morgan fingerprint density at radius 3 is 2.30 bits per heavy atom. The number of nitrogens with one attached hydrogen (secondary N) is 1. The second kappa shape index (κ2) is 6.78. The number of amides is 2. The summed E-state index contributed by atoms with van der Waals surface area (Å²) in [7, 11) is 0. The lowest BCUT2D eigenvalue weighted by Crippen LogP contribution is -2.42. The molecule has 1 aromatic rings. The summed E-state index contributed by atoms with van der Waals surface area (Å²) in [5, 5.41) is 10.6. The molecule has 0 unspecified atom stereocenters. The van der Waals surface area contributed by atoms with Gasteiger partial charge in [-0.25, -0.2) is 4.79 Å². The van der Waals surface area contributed by atoms with Crippen LogP contribution in [0.15, 0.2) is 30.3 Å². The van der Waals surface area contributed by atoms with Gasteiger partial charge in [-0.1, -0.05) is 30.3 Å². The average molecular weight is 290 g/mol. The summed E-state index contributed by atoms with van der Waals surface area (Å²) in [6, 6.07) is 8.44. The maximum atomic E-state index is 11.9. The highest BCUT2D eigenvalue weighted by molar-refractivity contribution is 5.81. The largest absolute Gasteiger partial charge is 0.465 e. The fourth-order valence-electron chi connectivity index (χ4n) is 1.42. The zero-order valence-electron chi connectivity index (χ0n) is 10.4. The zero-order chi connectivity index (χ0) is 15.2. The van der Waals surface area contributed by atoms with Crippen LogP contribution in [-0.2, 0) is 11.3 Å². The van der Waals surface area contributed by atoms with Crippen LogP contribution in [0.1, 0.15) is 5.56 Å². The third-order valence-electron chi connectivity index (χ3n) is 2.31. The van der Waals surface area contributed by atoms with Crippen LogP contribution in [0.4, 0.5) is 18.0 Å². The van der Waals surface area contributed by atoms with Crippen molar-refractivity contribution in [2.75, 3.05) is 13.1 Å². The third-order valence-corrected chi connectivity index (χ3v) is 2.31. The van der Waals surface area contributed by atoms with E-state index in [2.05, 4.69) is 0 Å². The number of carbonyl (C=O) groups excluding carboxylic acids is 1. The third kappa shape index (κ3) is 6.07. The van der Waals surface area contributed by atoms with E-state index in [1.165, 1.54) is 0 Å². The Morgan fingerprint density at radius 2 is 1.80 bits per heavy atom. The summed E-state index contributed by atoms with van der Waals surface area (Å²) < 4.78 is 35.7. The normalized spacial score (nSPS) is 10.9. The molecule has 1 aromatic carbocycles. The van der Waals surface area contributed by atoms with Crippen molar-refractivity contribution in [3.05, 3.63) is 35.9 Å². The molecule has 0 aliphatic carbocycles. The molecule has 0 saturated carbocycles. The molecular formula is C12H13F3N2O3. The average Bonchev–Trinajstić information content (AvgIpc) is 2.36. The van der Waals surface area contributed by atoms with Gasteiger partial charge in [0.1, 0.15) is 13.1 Å². The summed E-state index contributed by atoms with van der Waals surface area (Å²) in [6.07, 6.45) is -5.90. The Balaban J connectivity index is 2.55. The standard InChI is InChI=1S/C12H13F3N2O3/c13-12(14,15)8-16-10(18)7-17(11(19)20)6-9-4-2-1-3-5-9/h1-5H,6-8H2,(H,16,18)(H,19,20). The smallest absolute Gasteiger partial charge is 0.408 e. The number of hydrogen-bond acceptors (Lipinski definition) is 2. The number of benzene rings is 1. The highest BCUT2D eigenvalue weighted by Gasteiger charge is 2.28. The Kier molecular flexibility index (Phi) is 5.36. The predicted molar refractivity (Wildman–Crippen MR) is 63.9 cm³/mol. The van der Waals surface area contributed by atoms with Crippen LogP contribution in [0, 0.1) is 0 Å². The van der Waals surface area contributed by atoms with E-state index in [1.807, 2.05) is 0 Å². The van der Waals surface area contributed by atoms with Crippen molar-refractivity contribution in [2.24, 2.45) is 0 Å². The quantitative estimate of drug-likeness (QED) is 0.869. The number of rotatable bonds is 5. The fraction of sp³-hybridized carbons (Fsp3) is 0.333. The van der Waals surface area contributed by atoms with Gasteiger partial charge in [0.15, 0.2) is 0 Å². The molecular weight excluding hydrogens is 277 g/mol. The van der Waals surface area contributed by atoms with E-state index in [1.54, 1.807) is 35.6 Å². The first kappa shape index (κ1) is 15.8. The summed E-state index contributed by atoms with van der Waals surface area (Å²) in [5.41, 5.74) is 0.638. The highest BCUT2D eigenvalue weighted by atomic mass is 19.4. The molecule has 0 heterocycles. The molecule has 5 nitrogen and oxygen atoms in total. The second-order valence-electron chi connectivity index (χ2n) is 4.02. The Hall–Kier alpha value is -2.25. The van der Waals surface area contributed by atoms with Gasteiger partial charge in [0.25, 0.3) is 0 Å². The van der Waals surface area contributed by atoms with E-state index in [0.29, 0.717) is 5.56 Å². The van der Waals surface area contributed by atoms with E-state index in [0.717, 1.165) is 4.90 Å². The van der Waals surface area contributed by atoms with Gasteiger partial charge in [-0.3, -0.25) is 9.69 Å². The van der Waals surface area contributed by atoms with Crippen LogP contribution in [-0.4, -0.2) is 41.3 Å². The minimum atomic E-state index is -4.52. The molecule has 0 saturated heterocycles. The van der Waals surface area contributed by atoms with Crippen molar-refractivity contribution < 1.29 is 27.9 Å². The van der Waals surface area contributed by atoms with Crippen molar-refractivity contribution >= 4 is 12.0 Å². The van der Waals surface area contributed by atoms with Gasteiger partial charge < -0.3 is 10.4 Å². The SMILES string of the molecule is O=C(CN(Cc1ccccc1)C(=O)O)NCC(F)(F)F. The van der Waals surface area contributed by atoms with Crippen molar-refractivity contribution in [3.8, 4) is 0 Å². The maximum Gasteiger partial charge on any atom is 0.408 e. The number of alkyl halides is 3. The Morgan fingerprint density at radius 1 is 1.20 bits per heavy atom. The number of carbonyl (C=O) groups is 2. The van der Waals surface area contributed by atoms with Crippen LogP contribution in [0.3, 0.4) is 0 Å². The molecule has 2 N–H and O–H groups in total. The number of hydrogen-bond donors (Lipinski definition) is 2. The lowest BCUT2D eigenvalue weighted by molar-refractivity contribution is -0.138. The number of nitrogens with zero attached hydrogens (tertiary/aromatic N) is 1. The summed E-state index contributed by atoms with van der Waals surface area (Å²) in [5.74, 6) is -0.999. The summed E-state index contributed by atoms with van der Waals surface area (Å²) >= 11 is 0. The van der Waals surface area contributed by atoms with Crippen LogP contribution in [0.2, 0.25) is 0 Å². The molecule has 0 radical (unpaired) electrons. The van der Waals surface area contributed by atoms with Crippen molar-refractivity contribution in [1.29, 1.82) is 0 Å². The molecule has 0 atom stereocenters. The van der Waals surface area contributed by atoms with Gasteiger partial charge >= 0.3 is 12.3 Å². The molecule has 0 aromatic heterocycles. The Bertz CT molecular complexity index is 463. The topological polar surface area (TPSA) is 69.6 Å². The van der Waals surface area contributed by atoms with Gasteiger partial charge in [0, 0.05) is 6.54 Å². The fourth-order valence-corrected chi connectivity index (χ4v) is 1.42. The van der Waals surface area contributed by atoms with E-state index in [9.17, 15) is 22.8 Å². The molecule has 2 amide bonds. The minimum absolute atomic E-state index is 0.0738. The molecule has 0 aliphatic rings. The van der Waals surface area contributed by atoms with Crippen LogP contribution >= 0.6 is 0 Å². The second-order valence-corrected chi connectivity index (χ2v) is 4.02. The zero-order valence-corrected chi connectivity index (χ0v) is 10.4. The lowest BCUT2D eigenvalue weighted by atomic mass is 10.2. The monoisotopic (exact) mass is 290 g/mol. The lowest BCUT2D eigenvalue weighted by Gasteiger charge is -2.19. The highest BCUT2D eigenvalue weighted by Crippen LogP contribution is 2.12. The molecule has 8 heteroatoms. The van der Waals surface area contributed by atoms with Crippen molar-refractivity contribution in [2.45, 2.75) is 12.7 Å². The van der Waals surface area contributed by atoms with E-state index >= 15 is 0 Å². The predicted octanol–water partition coefficient (Wildman–Crippen LogP) is 1.85. The van der Waals surface area contributed by atoms with Gasteiger partial charge in [-0.05, 0) is 5.56 Å². The molecule has 20 heavy (non-hydrogen) atoms. The van der Waals surface area contributed by atoms with Gasteiger partial charge in [-0.15, -0.1) is 0 Å². The van der Waals surface area contributed by atoms with Gasteiger partial charge in [0.05, 0.1) is 0 Å². The molecule has 0 fully saturated rings. The first-order chi connectivity index (χ1) is 9.28. The summed E-state index contributed by atoms with van der Waals surface area (Å²) in [6.45, 7) is -2.21. The summed E-state index contributed by atoms with van der Waals surface area (Å²) in [4.78, 5) is 23.0. The molecule has 1 rings (SSSR count). The van der Waals surface area contributed by atoms with E-state index in [4.69, 9.17) is 5.11 Å². The van der Waals surface area contributed by atoms with E-state index in [-0.39, 0.29) is 6.54 Å². The minimum Gasteiger partial charge on any atom is -0.465 e. The van der Waals surface area contributed by atoms with Gasteiger partial charge in [-0.2, -0.15) is 13.2 Å². The van der Waals surface area contributed by atoms with Crippen LogP contribution < -0.4 is 5.32 Å². The molecule has 0 aliphatic heterocycles. The van der Waals surface area contributed by atoms with Gasteiger partial charge in [0.2, 0.25) is 5.91 Å². The molecule has 0 spiro atoms. The first-order valence-corrected chi connectivity index (χ1v) is 5.63. The first-order valence-electron chi connectivity index (χ1n) is 5.63.